The fourth-order valence-corrected chi connectivity index (χ4v) is 0. The Labute approximate surface area is 167 Å². The van der Waals surface area contributed by atoms with E-state index in [1.807, 2.05) is 0 Å². The van der Waals surface area contributed by atoms with Crippen molar-refractivity contribution in [3.05, 3.63) is 0 Å². The van der Waals surface area contributed by atoms with Crippen molar-refractivity contribution < 1.29 is 165 Å². The van der Waals surface area contributed by atoms with Crippen molar-refractivity contribution in [3.63, 3.8) is 0 Å². The zero-order valence-corrected chi connectivity index (χ0v) is 17.9. The van der Waals surface area contributed by atoms with Crippen LogP contribution in [0, 0.1) is 0 Å². The number of hydrogen-bond donors (Lipinski definition) is 0. The molecular weight excluding hydrogens is 291 g/mol. The summed E-state index contributed by atoms with van der Waals surface area (Å²) in [6, 6.07) is 0. The van der Waals surface area contributed by atoms with E-state index in [9.17, 15) is 0 Å². The van der Waals surface area contributed by atoms with Gasteiger partial charge < -0.3 is 15.0 Å². The zero-order chi connectivity index (χ0) is 7.15. The molecule has 48 valence electrons. The molecule has 0 N–H and O–H groups in total. The Balaban J connectivity index is -0.0000000112. The van der Waals surface area contributed by atoms with Crippen LogP contribution in [0.3, 0.4) is 0 Å². The molecule has 0 aromatic heterocycles. The third-order valence-electron chi connectivity index (χ3n) is 0. The molecule has 11 heteroatoms. The van der Waals surface area contributed by atoms with Gasteiger partial charge in [-0.25, -0.2) is 0 Å². The van der Waals surface area contributed by atoms with Gasteiger partial charge in [0.25, 0.3) is 0 Å². The summed E-state index contributed by atoms with van der Waals surface area (Å²) >= 11 is -4.29. The zero-order valence-electron chi connectivity index (χ0n) is 7.45. The summed E-state index contributed by atoms with van der Waals surface area (Å²) in [5, 5.41) is 16.7. The van der Waals surface area contributed by atoms with E-state index in [-0.39, 0.29) is 118 Å². The molecule has 6 nitrogen and oxygen atoms in total. The third-order valence-corrected chi connectivity index (χ3v) is 0. The Hall–Kier alpha value is 3.87. The Morgan fingerprint density at radius 3 is 0.917 bits per heavy atom. The molecule has 0 heterocycles. The topological polar surface area (TPSA) is 126 Å². The number of hydrogen-bond acceptors (Lipinski definition) is 6. The summed E-state index contributed by atoms with van der Waals surface area (Å²) in [5.74, 6) is 0. The molecule has 0 unspecified atom stereocenters. The van der Waals surface area contributed by atoms with Gasteiger partial charge in [0.15, 0.2) is 0 Å². The Morgan fingerprint density at radius 1 is 0.917 bits per heavy atom. The quantitative estimate of drug-likeness (QED) is 0.408. The first kappa shape index (κ1) is 36.0. The average Bonchev–Trinajstić information content (AvgIpc) is 1.25. The van der Waals surface area contributed by atoms with E-state index in [2.05, 4.69) is 0 Å². The van der Waals surface area contributed by atoms with Crippen LogP contribution in [-0.4, -0.2) is 6.16 Å². The van der Waals surface area contributed by atoms with Crippen LogP contribution in [0.15, 0.2) is 0 Å². The SMILES string of the molecule is O=C([O-])[O-].[Na+].[Na+].[Na+].[Na+].[O]=[Zr]([O-])[O-]. The van der Waals surface area contributed by atoms with Gasteiger partial charge in [0.05, 0.1) is 0 Å². The predicted molar refractivity (Wildman–Crippen MR) is 6.08 cm³/mol. The van der Waals surface area contributed by atoms with Crippen LogP contribution < -0.4 is 135 Å². The van der Waals surface area contributed by atoms with E-state index in [1.165, 1.54) is 0 Å². The molecule has 12 heavy (non-hydrogen) atoms. The van der Waals surface area contributed by atoms with Gasteiger partial charge in [0.1, 0.15) is 0 Å². The summed E-state index contributed by atoms with van der Waals surface area (Å²) in [6.45, 7) is 0. The fourth-order valence-electron chi connectivity index (χ4n) is 0. The molecule has 0 radical (unpaired) electrons. The Morgan fingerprint density at radius 2 is 0.917 bits per heavy atom. The monoisotopic (exact) mass is 290 g/mol. The molecule has 0 saturated heterocycles. The first-order valence-corrected chi connectivity index (χ1v) is 4.24. The van der Waals surface area contributed by atoms with Crippen molar-refractivity contribution in [1.82, 2.24) is 0 Å². The molecule has 0 aliphatic rings. The van der Waals surface area contributed by atoms with E-state index in [1.54, 1.807) is 0 Å². The summed E-state index contributed by atoms with van der Waals surface area (Å²) < 4.78 is 25.8. The van der Waals surface area contributed by atoms with E-state index in [4.69, 9.17) is 24.2 Å². The van der Waals surface area contributed by atoms with Crippen molar-refractivity contribution in [2.45, 2.75) is 0 Å². The normalized spacial score (nSPS) is 4.17. The van der Waals surface area contributed by atoms with Crippen LogP contribution in [-0.2, 0) is 25.4 Å². The van der Waals surface area contributed by atoms with Crippen molar-refractivity contribution in [2.24, 2.45) is 0 Å². The summed E-state index contributed by atoms with van der Waals surface area (Å²) in [6.07, 6.45) is -2.33. The summed E-state index contributed by atoms with van der Waals surface area (Å²) in [5.41, 5.74) is 0. The molecule has 0 rings (SSSR count). The van der Waals surface area contributed by atoms with Gasteiger partial charge in [-0.2, -0.15) is 0 Å². The standard InChI is InChI=1S/CH2O3.4Na.3O.Zr/c2-1(3)4;;;;;;;;/h(H2,2,3,4);;;;;;;;/q;4*+1;;2*-1;/p-2. The van der Waals surface area contributed by atoms with E-state index in [0.29, 0.717) is 0 Å². The molecule has 0 spiro atoms. The van der Waals surface area contributed by atoms with Crippen LogP contribution in [0.2, 0.25) is 0 Å². The van der Waals surface area contributed by atoms with Crippen LogP contribution in [0.5, 0.6) is 0 Å². The maximum absolute atomic E-state index is 8.61. The van der Waals surface area contributed by atoms with Crippen LogP contribution >= 0.6 is 0 Å². The van der Waals surface area contributed by atoms with Crippen molar-refractivity contribution in [2.75, 3.05) is 0 Å². The first-order chi connectivity index (χ1) is 3.46. The first-order valence-electron chi connectivity index (χ1n) is 1.22. The number of rotatable bonds is 0. The molecule has 0 fully saturated rings. The predicted octanol–water partition coefficient (Wildman–Crippen LogP) is -16.9. The van der Waals surface area contributed by atoms with Crippen molar-refractivity contribution in [1.29, 1.82) is 0 Å². The number of carbonyl (C=O) groups excluding carboxylic acids is 1. The second-order valence-electron chi connectivity index (χ2n) is 0.500. The van der Waals surface area contributed by atoms with Gasteiger partial charge >= 0.3 is 150 Å². The van der Waals surface area contributed by atoms with Crippen molar-refractivity contribution >= 4 is 6.16 Å². The summed E-state index contributed by atoms with van der Waals surface area (Å²) in [4.78, 5) is 8.33. The molecular formula is CNa4O6Zr. The fraction of sp³-hybridized carbons (Fsp3) is 0. The van der Waals surface area contributed by atoms with Crippen LogP contribution in [0.1, 0.15) is 0 Å². The minimum atomic E-state index is -4.29. The molecule has 0 amide bonds. The van der Waals surface area contributed by atoms with E-state index < -0.39 is 28.8 Å². The van der Waals surface area contributed by atoms with Gasteiger partial charge in [-0.1, -0.05) is 0 Å². The van der Waals surface area contributed by atoms with Gasteiger partial charge in [-0.15, -0.1) is 0 Å². The van der Waals surface area contributed by atoms with Gasteiger partial charge in [-0.05, 0) is 6.16 Å². The minimum absolute atomic E-state index is 0. The summed E-state index contributed by atoms with van der Waals surface area (Å²) in [7, 11) is 0. The van der Waals surface area contributed by atoms with Gasteiger partial charge in [-0.3, -0.25) is 0 Å². The molecule has 0 aliphatic heterocycles. The molecule has 0 aliphatic carbocycles. The number of carbonyl (C=O) groups is 1. The third kappa shape index (κ3) is 153. The Bertz CT molecular complexity index is 77.5. The molecule has 0 saturated carbocycles. The van der Waals surface area contributed by atoms with E-state index >= 15 is 0 Å². The van der Waals surface area contributed by atoms with Crippen LogP contribution in [0.25, 0.3) is 0 Å². The van der Waals surface area contributed by atoms with Gasteiger partial charge in [0, 0.05) is 0 Å². The molecule has 0 atom stereocenters. The van der Waals surface area contributed by atoms with Crippen molar-refractivity contribution in [3.8, 4) is 0 Å². The second-order valence-corrected chi connectivity index (χ2v) is 1.73. The Kier molecular flexibility index (Phi) is 88.1. The van der Waals surface area contributed by atoms with Gasteiger partial charge in [0.2, 0.25) is 0 Å². The number of carboxylic acid groups (broad SMARTS) is 2. The molecule has 0 aromatic carbocycles. The second kappa shape index (κ2) is 29.4. The van der Waals surface area contributed by atoms with E-state index in [0.717, 1.165) is 0 Å². The molecule has 0 aromatic rings. The average molecular weight is 291 g/mol. The maximum atomic E-state index is 8.61. The van der Waals surface area contributed by atoms with Crippen LogP contribution in [0.4, 0.5) is 4.79 Å². The molecule has 0 bridgehead atoms.